The van der Waals surface area contributed by atoms with Gasteiger partial charge in [0, 0.05) is 16.8 Å². The first-order valence-electron chi connectivity index (χ1n) is 9.85. The number of aryl methyl sites for hydroxylation is 2. The first-order chi connectivity index (χ1) is 14.7. The standard InChI is InChI=1S/C24H26N2O4S/c1-16-9-13-20(14-10-16)26-31(28,29)23-15-19(12-11-17(23)2)24(27)25-18(3)21-7-5-6-8-22(21)30-4/h5-15,18,26H,1-4H3,(H,25,27)/t18-/m0/s1. The van der Waals surface area contributed by atoms with Gasteiger partial charge in [-0.15, -0.1) is 0 Å². The van der Waals surface area contributed by atoms with E-state index in [0.29, 0.717) is 17.0 Å². The topological polar surface area (TPSA) is 84.5 Å². The van der Waals surface area contributed by atoms with Gasteiger partial charge in [0.1, 0.15) is 5.75 Å². The summed E-state index contributed by atoms with van der Waals surface area (Å²) >= 11 is 0. The number of nitrogens with one attached hydrogen (secondary N) is 2. The zero-order valence-electron chi connectivity index (χ0n) is 18.0. The van der Waals surface area contributed by atoms with Crippen molar-refractivity contribution < 1.29 is 17.9 Å². The first-order valence-corrected chi connectivity index (χ1v) is 11.3. The summed E-state index contributed by atoms with van der Waals surface area (Å²) in [4.78, 5) is 12.9. The van der Waals surface area contributed by atoms with Gasteiger partial charge in [-0.2, -0.15) is 0 Å². The molecule has 31 heavy (non-hydrogen) atoms. The normalized spacial score (nSPS) is 12.1. The number of ether oxygens (including phenoxy) is 1. The molecule has 0 aliphatic carbocycles. The quantitative estimate of drug-likeness (QED) is 0.564. The lowest BCUT2D eigenvalue weighted by Crippen LogP contribution is -2.27. The molecule has 3 aromatic carbocycles. The lowest BCUT2D eigenvalue weighted by atomic mass is 10.1. The van der Waals surface area contributed by atoms with Crippen molar-refractivity contribution in [2.24, 2.45) is 0 Å². The fraction of sp³-hybridized carbons (Fsp3) is 0.208. The zero-order chi connectivity index (χ0) is 22.6. The van der Waals surface area contributed by atoms with Crippen LogP contribution in [0.3, 0.4) is 0 Å². The highest BCUT2D eigenvalue weighted by Crippen LogP contribution is 2.25. The van der Waals surface area contributed by atoms with Crippen LogP contribution >= 0.6 is 0 Å². The van der Waals surface area contributed by atoms with Gasteiger partial charge in [-0.3, -0.25) is 9.52 Å². The zero-order valence-corrected chi connectivity index (χ0v) is 18.8. The molecule has 0 aliphatic heterocycles. The minimum Gasteiger partial charge on any atom is -0.496 e. The number of hydrogen-bond acceptors (Lipinski definition) is 4. The molecule has 2 N–H and O–H groups in total. The summed E-state index contributed by atoms with van der Waals surface area (Å²) in [5.74, 6) is 0.301. The molecule has 0 fully saturated rings. The number of carbonyl (C=O) groups is 1. The summed E-state index contributed by atoms with van der Waals surface area (Å²) in [6.07, 6.45) is 0. The van der Waals surface area contributed by atoms with E-state index in [-0.39, 0.29) is 22.4 Å². The van der Waals surface area contributed by atoms with Crippen molar-refractivity contribution in [3.63, 3.8) is 0 Å². The van der Waals surface area contributed by atoms with Crippen molar-refractivity contribution in [2.75, 3.05) is 11.8 Å². The fourth-order valence-electron chi connectivity index (χ4n) is 3.24. The minimum absolute atomic E-state index is 0.0608. The van der Waals surface area contributed by atoms with E-state index in [1.165, 1.54) is 6.07 Å². The smallest absolute Gasteiger partial charge is 0.262 e. The largest absolute Gasteiger partial charge is 0.496 e. The Bertz CT molecular complexity index is 1190. The Hall–Kier alpha value is -3.32. The third-order valence-electron chi connectivity index (χ3n) is 5.00. The number of hydrogen-bond donors (Lipinski definition) is 2. The van der Waals surface area contributed by atoms with Crippen molar-refractivity contribution in [1.82, 2.24) is 5.32 Å². The first kappa shape index (κ1) is 22.4. The van der Waals surface area contributed by atoms with E-state index in [1.807, 2.05) is 50.2 Å². The molecule has 7 heteroatoms. The van der Waals surface area contributed by atoms with Crippen LogP contribution in [0.2, 0.25) is 0 Å². The lowest BCUT2D eigenvalue weighted by molar-refractivity contribution is 0.0939. The van der Waals surface area contributed by atoms with Gasteiger partial charge in [-0.05, 0) is 56.7 Å². The predicted octanol–water partition coefficient (Wildman–Crippen LogP) is 4.60. The van der Waals surface area contributed by atoms with Gasteiger partial charge in [-0.1, -0.05) is 42.0 Å². The van der Waals surface area contributed by atoms with Crippen LogP contribution in [-0.2, 0) is 10.0 Å². The molecule has 0 spiro atoms. The molecular weight excluding hydrogens is 412 g/mol. The Balaban J connectivity index is 1.84. The maximum Gasteiger partial charge on any atom is 0.262 e. The molecule has 0 saturated carbocycles. The predicted molar refractivity (Wildman–Crippen MR) is 122 cm³/mol. The number of benzene rings is 3. The van der Waals surface area contributed by atoms with Gasteiger partial charge >= 0.3 is 0 Å². The van der Waals surface area contributed by atoms with E-state index < -0.39 is 10.0 Å². The van der Waals surface area contributed by atoms with E-state index in [9.17, 15) is 13.2 Å². The molecule has 0 heterocycles. The third-order valence-corrected chi connectivity index (χ3v) is 6.52. The molecule has 0 aromatic heterocycles. The van der Waals surface area contributed by atoms with Gasteiger partial charge in [0.25, 0.3) is 15.9 Å². The summed E-state index contributed by atoms with van der Waals surface area (Å²) < 4.78 is 33.8. The van der Waals surface area contributed by atoms with Gasteiger partial charge < -0.3 is 10.1 Å². The second-order valence-corrected chi connectivity index (χ2v) is 9.04. The molecular formula is C24H26N2O4S. The van der Waals surface area contributed by atoms with Crippen molar-refractivity contribution in [3.05, 3.63) is 89.0 Å². The third kappa shape index (κ3) is 5.24. The van der Waals surface area contributed by atoms with Crippen LogP contribution in [0.4, 0.5) is 5.69 Å². The van der Waals surface area contributed by atoms with E-state index in [0.717, 1.165) is 11.1 Å². The SMILES string of the molecule is COc1ccccc1[C@H](C)NC(=O)c1ccc(C)c(S(=O)(=O)Nc2ccc(C)cc2)c1. The molecule has 162 valence electrons. The molecule has 3 aromatic rings. The van der Waals surface area contributed by atoms with Crippen LogP contribution in [0.1, 0.15) is 40.0 Å². The van der Waals surface area contributed by atoms with Gasteiger partial charge in [-0.25, -0.2) is 8.42 Å². The molecule has 1 atom stereocenters. The molecule has 1 amide bonds. The van der Waals surface area contributed by atoms with Gasteiger partial charge in [0.05, 0.1) is 18.0 Å². The van der Waals surface area contributed by atoms with Gasteiger partial charge in [0.2, 0.25) is 0 Å². The Labute approximate surface area is 183 Å². The summed E-state index contributed by atoms with van der Waals surface area (Å²) in [5.41, 5.74) is 3.14. The molecule has 0 radical (unpaired) electrons. The summed E-state index contributed by atoms with van der Waals surface area (Å²) in [6, 6.07) is 18.8. The Morgan fingerprint density at radius 3 is 2.32 bits per heavy atom. The number of carbonyl (C=O) groups excluding carboxylic acids is 1. The Morgan fingerprint density at radius 2 is 1.65 bits per heavy atom. The van der Waals surface area contributed by atoms with E-state index in [1.54, 1.807) is 38.3 Å². The average molecular weight is 439 g/mol. The molecule has 3 rings (SSSR count). The van der Waals surface area contributed by atoms with Crippen LogP contribution in [0.5, 0.6) is 5.75 Å². The Morgan fingerprint density at radius 1 is 0.968 bits per heavy atom. The van der Waals surface area contributed by atoms with Crippen LogP contribution in [0.25, 0.3) is 0 Å². The summed E-state index contributed by atoms with van der Waals surface area (Å²) in [6.45, 7) is 5.47. The summed E-state index contributed by atoms with van der Waals surface area (Å²) in [5, 5.41) is 2.91. The lowest BCUT2D eigenvalue weighted by Gasteiger charge is -2.18. The van der Waals surface area contributed by atoms with E-state index in [2.05, 4.69) is 10.0 Å². The molecule has 0 unspecified atom stereocenters. The highest BCUT2D eigenvalue weighted by Gasteiger charge is 2.21. The van der Waals surface area contributed by atoms with Crippen molar-refractivity contribution in [3.8, 4) is 5.75 Å². The number of rotatable bonds is 7. The van der Waals surface area contributed by atoms with E-state index in [4.69, 9.17) is 4.74 Å². The highest BCUT2D eigenvalue weighted by molar-refractivity contribution is 7.92. The second-order valence-electron chi connectivity index (χ2n) is 7.39. The van der Waals surface area contributed by atoms with Crippen molar-refractivity contribution in [2.45, 2.75) is 31.7 Å². The van der Waals surface area contributed by atoms with Crippen LogP contribution in [-0.4, -0.2) is 21.4 Å². The number of amides is 1. The maximum absolute atomic E-state index is 13.0. The van der Waals surface area contributed by atoms with Gasteiger partial charge in [0.15, 0.2) is 0 Å². The van der Waals surface area contributed by atoms with Crippen LogP contribution in [0.15, 0.2) is 71.6 Å². The monoisotopic (exact) mass is 438 g/mol. The van der Waals surface area contributed by atoms with Crippen LogP contribution in [0, 0.1) is 13.8 Å². The fourth-order valence-corrected chi connectivity index (χ4v) is 4.57. The molecule has 0 aliphatic rings. The minimum atomic E-state index is -3.85. The highest BCUT2D eigenvalue weighted by atomic mass is 32.2. The Kier molecular flexibility index (Phi) is 6.65. The number of sulfonamides is 1. The number of para-hydroxylation sites is 1. The van der Waals surface area contributed by atoms with Crippen molar-refractivity contribution >= 4 is 21.6 Å². The summed E-state index contributed by atoms with van der Waals surface area (Å²) in [7, 11) is -2.28. The number of anilines is 1. The van der Waals surface area contributed by atoms with Crippen molar-refractivity contribution in [1.29, 1.82) is 0 Å². The molecule has 6 nitrogen and oxygen atoms in total. The molecule has 0 bridgehead atoms. The van der Waals surface area contributed by atoms with Crippen LogP contribution < -0.4 is 14.8 Å². The molecule has 0 saturated heterocycles. The van der Waals surface area contributed by atoms with E-state index >= 15 is 0 Å². The second kappa shape index (κ2) is 9.22. The maximum atomic E-state index is 13.0. The number of methoxy groups -OCH3 is 1. The average Bonchev–Trinajstić information content (AvgIpc) is 2.75.